The van der Waals surface area contributed by atoms with Crippen molar-refractivity contribution in [3.63, 3.8) is 0 Å². The lowest BCUT2D eigenvalue weighted by Gasteiger charge is -2.30. The molecule has 4 N–H and O–H groups in total. The summed E-state index contributed by atoms with van der Waals surface area (Å²) in [5.41, 5.74) is 11.5. The van der Waals surface area contributed by atoms with Gasteiger partial charge in [0.05, 0.1) is 4.90 Å². The van der Waals surface area contributed by atoms with Crippen LogP contribution in [0.4, 0.5) is 0 Å². The van der Waals surface area contributed by atoms with Gasteiger partial charge in [-0.25, -0.2) is 8.42 Å². The van der Waals surface area contributed by atoms with E-state index in [2.05, 4.69) is 0 Å². The first-order chi connectivity index (χ1) is 11.4. The molecule has 1 atom stereocenters. The van der Waals surface area contributed by atoms with E-state index < -0.39 is 15.2 Å². The molecule has 6 heteroatoms. The molecule has 0 heterocycles. The first kappa shape index (κ1) is 16.9. The topological polar surface area (TPSA) is 103 Å². The van der Waals surface area contributed by atoms with Crippen molar-refractivity contribution in [1.82, 2.24) is 0 Å². The number of carbonyl (C=O) groups excluding carboxylic acids is 1. The van der Waals surface area contributed by atoms with Gasteiger partial charge in [-0.3, -0.25) is 4.79 Å². The highest BCUT2D eigenvalue weighted by Gasteiger charge is 2.36. The van der Waals surface area contributed by atoms with E-state index >= 15 is 0 Å². The summed E-state index contributed by atoms with van der Waals surface area (Å²) >= 11 is 0. The molecule has 0 saturated heterocycles. The molecule has 0 aromatic heterocycles. The molecule has 0 spiro atoms. The van der Waals surface area contributed by atoms with Crippen LogP contribution in [0.3, 0.4) is 0 Å². The monoisotopic (exact) mass is 346 g/mol. The highest BCUT2D eigenvalue weighted by Crippen LogP contribution is 2.34. The highest BCUT2D eigenvalue weighted by atomic mass is 32.2. The van der Waals surface area contributed by atoms with E-state index in [9.17, 15) is 13.2 Å². The first-order valence-electron chi connectivity index (χ1n) is 8.18. The molecule has 0 bridgehead atoms. The molecule has 0 aliphatic heterocycles. The maximum atomic E-state index is 13.0. The van der Waals surface area contributed by atoms with Crippen LogP contribution in [-0.2, 0) is 14.6 Å². The van der Waals surface area contributed by atoms with Gasteiger partial charge in [-0.1, -0.05) is 36.4 Å². The number of carbonyl (C=O) groups is 1. The van der Waals surface area contributed by atoms with E-state index in [0.29, 0.717) is 31.1 Å². The second kappa shape index (κ2) is 6.53. The Morgan fingerprint density at radius 1 is 1.00 bits per heavy atom. The molecule has 1 aliphatic rings. The third-order valence-electron chi connectivity index (χ3n) is 5.05. The van der Waals surface area contributed by atoms with Crippen molar-refractivity contribution in [3.8, 4) is 0 Å². The van der Waals surface area contributed by atoms with Gasteiger partial charge in [0.15, 0.2) is 9.84 Å². The van der Waals surface area contributed by atoms with Crippen LogP contribution in [0.25, 0.3) is 10.8 Å². The molecule has 1 saturated carbocycles. The molecule has 1 unspecified atom stereocenters. The predicted molar refractivity (Wildman–Crippen MR) is 93.8 cm³/mol. The van der Waals surface area contributed by atoms with Gasteiger partial charge in [-0.05, 0) is 43.1 Å². The van der Waals surface area contributed by atoms with Crippen LogP contribution in [-0.4, -0.2) is 19.7 Å². The standard InChI is InChI=1S/C18H22N2O3S/c19-17(21)13-8-10-14(11-9-13)18(20)24(22,23)16-7-3-5-12-4-1-2-6-15(12)16/h1-7,13-14,18H,8-11,20H2,(H2,19,21). The van der Waals surface area contributed by atoms with Crippen LogP contribution >= 0.6 is 0 Å². The number of nitrogens with two attached hydrogens (primary N) is 2. The molecular formula is C18H22N2O3S. The van der Waals surface area contributed by atoms with Gasteiger partial charge in [-0.15, -0.1) is 0 Å². The van der Waals surface area contributed by atoms with Crippen LogP contribution < -0.4 is 11.5 Å². The van der Waals surface area contributed by atoms with E-state index in [4.69, 9.17) is 11.5 Å². The summed E-state index contributed by atoms with van der Waals surface area (Å²) < 4.78 is 26.1. The lowest BCUT2D eigenvalue weighted by atomic mass is 9.81. The van der Waals surface area contributed by atoms with E-state index in [1.165, 1.54) is 0 Å². The third-order valence-corrected chi connectivity index (χ3v) is 7.12. The smallest absolute Gasteiger partial charge is 0.220 e. The first-order valence-corrected chi connectivity index (χ1v) is 9.72. The molecule has 1 fully saturated rings. The van der Waals surface area contributed by atoms with Crippen LogP contribution in [0.1, 0.15) is 25.7 Å². The summed E-state index contributed by atoms with van der Waals surface area (Å²) in [6, 6.07) is 12.6. The van der Waals surface area contributed by atoms with E-state index in [-0.39, 0.29) is 22.6 Å². The highest BCUT2D eigenvalue weighted by molar-refractivity contribution is 7.92. The van der Waals surface area contributed by atoms with Crippen molar-refractivity contribution in [2.75, 3.05) is 0 Å². The zero-order valence-electron chi connectivity index (χ0n) is 13.4. The Hall–Kier alpha value is -1.92. The Bertz CT molecular complexity index is 850. The molecular weight excluding hydrogens is 324 g/mol. The summed E-state index contributed by atoms with van der Waals surface area (Å²) in [5, 5.41) is 0.613. The molecule has 0 radical (unpaired) electrons. The Morgan fingerprint density at radius 3 is 2.29 bits per heavy atom. The Labute approximate surface area is 141 Å². The van der Waals surface area contributed by atoms with Crippen molar-refractivity contribution in [2.45, 2.75) is 36.0 Å². The maximum absolute atomic E-state index is 13.0. The second-order valence-corrected chi connectivity index (χ2v) is 8.58. The van der Waals surface area contributed by atoms with Gasteiger partial charge in [0.1, 0.15) is 5.37 Å². The van der Waals surface area contributed by atoms with Crippen LogP contribution in [0.2, 0.25) is 0 Å². The fourth-order valence-electron chi connectivity index (χ4n) is 3.58. The minimum absolute atomic E-state index is 0.149. The molecule has 24 heavy (non-hydrogen) atoms. The second-order valence-electron chi connectivity index (χ2n) is 6.50. The minimum Gasteiger partial charge on any atom is -0.369 e. The molecule has 2 aromatic carbocycles. The molecule has 128 valence electrons. The van der Waals surface area contributed by atoms with Crippen molar-refractivity contribution in [2.24, 2.45) is 23.3 Å². The van der Waals surface area contributed by atoms with E-state index in [1.54, 1.807) is 18.2 Å². The van der Waals surface area contributed by atoms with Gasteiger partial charge in [-0.2, -0.15) is 0 Å². The average Bonchev–Trinajstić information content (AvgIpc) is 2.60. The molecule has 1 aliphatic carbocycles. The number of primary amides is 1. The van der Waals surface area contributed by atoms with Gasteiger partial charge < -0.3 is 11.5 Å². The number of benzene rings is 2. The van der Waals surface area contributed by atoms with Crippen molar-refractivity contribution in [1.29, 1.82) is 0 Å². The zero-order valence-corrected chi connectivity index (χ0v) is 14.2. The van der Waals surface area contributed by atoms with Gasteiger partial charge >= 0.3 is 0 Å². The lowest BCUT2D eigenvalue weighted by Crippen LogP contribution is -2.41. The fourth-order valence-corrected chi connectivity index (χ4v) is 5.41. The molecule has 2 aromatic rings. The predicted octanol–water partition coefficient (Wildman–Crippen LogP) is 2.19. The largest absolute Gasteiger partial charge is 0.369 e. The van der Waals surface area contributed by atoms with Crippen molar-refractivity contribution in [3.05, 3.63) is 42.5 Å². The number of hydrogen-bond donors (Lipinski definition) is 2. The molecule has 3 rings (SSSR count). The Kier molecular flexibility index (Phi) is 4.60. The summed E-state index contributed by atoms with van der Waals surface area (Å²) in [5.74, 6) is -0.614. The minimum atomic E-state index is -3.64. The number of rotatable bonds is 4. The zero-order chi connectivity index (χ0) is 17.3. The number of hydrogen-bond acceptors (Lipinski definition) is 4. The molecule has 1 amide bonds. The van der Waals surface area contributed by atoms with Crippen LogP contribution in [0.5, 0.6) is 0 Å². The SMILES string of the molecule is NC(=O)C1CCC(C(N)S(=O)(=O)c2cccc3ccccc23)CC1. The lowest BCUT2D eigenvalue weighted by molar-refractivity contribution is -0.122. The summed E-state index contributed by atoms with van der Waals surface area (Å²) in [6.07, 6.45) is 2.44. The fraction of sp³-hybridized carbons (Fsp3) is 0.389. The molecule has 5 nitrogen and oxygen atoms in total. The quantitative estimate of drug-likeness (QED) is 0.885. The summed E-state index contributed by atoms with van der Waals surface area (Å²) in [7, 11) is -3.64. The van der Waals surface area contributed by atoms with Crippen LogP contribution in [0.15, 0.2) is 47.4 Å². The van der Waals surface area contributed by atoms with Crippen LogP contribution in [0, 0.1) is 11.8 Å². The van der Waals surface area contributed by atoms with Crippen molar-refractivity contribution < 1.29 is 13.2 Å². The van der Waals surface area contributed by atoms with E-state index in [0.717, 1.165) is 5.39 Å². The van der Waals surface area contributed by atoms with Gasteiger partial charge in [0.2, 0.25) is 5.91 Å². The van der Waals surface area contributed by atoms with E-state index in [1.807, 2.05) is 24.3 Å². The Morgan fingerprint density at radius 2 is 1.62 bits per heavy atom. The summed E-state index contributed by atoms with van der Waals surface area (Å²) in [6.45, 7) is 0. The van der Waals surface area contributed by atoms with Gasteiger partial charge in [0.25, 0.3) is 0 Å². The third kappa shape index (κ3) is 3.03. The van der Waals surface area contributed by atoms with Gasteiger partial charge in [0, 0.05) is 11.3 Å². The van der Waals surface area contributed by atoms with Crippen molar-refractivity contribution >= 4 is 26.5 Å². The Balaban J connectivity index is 1.89. The number of fused-ring (bicyclic) bond motifs is 1. The number of amides is 1. The number of sulfone groups is 1. The average molecular weight is 346 g/mol. The summed E-state index contributed by atoms with van der Waals surface area (Å²) in [4.78, 5) is 11.6. The normalized spacial score (nSPS) is 23.0. The maximum Gasteiger partial charge on any atom is 0.220 e.